The third kappa shape index (κ3) is 3.03. The van der Waals surface area contributed by atoms with Gasteiger partial charge in [-0.15, -0.1) is 0 Å². The lowest BCUT2D eigenvalue weighted by atomic mass is 10.1. The van der Waals surface area contributed by atoms with Crippen LogP contribution in [0.2, 0.25) is 0 Å². The molecule has 0 aromatic heterocycles. The van der Waals surface area contributed by atoms with Crippen LogP contribution in [0.3, 0.4) is 0 Å². The lowest BCUT2D eigenvalue weighted by Crippen LogP contribution is -2.30. The lowest BCUT2D eigenvalue weighted by molar-refractivity contribution is -0.129. The van der Waals surface area contributed by atoms with Crippen molar-refractivity contribution in [1.29, 1.82) is 0 Å². The Morgan fingerprint density at radius 1 is 1.41 bits per heavy atom. The maximum atomic E-state index is 12.7. The van der Waals surface area contributed by atoms with Crippen LogP contribution in [0, 0.1) is 11.7 Å². The Bertz CT molecular complexity index is 391. The van der Waals surface area contributed by atoms with Gasteiger partial charge in [-0.05, 0) is 24.1 Å². The summed E-state index contributed by atoms with van der Waals surface area (Å²) in [6.07, 6.45) is 1.17. The summed E-state index contributed by atoms with van der Waals surface area (Å²) in [4.78, 5) is 13.7. The molecular weight excluding hydrogens is 221 g/mol. The Labute approximate surface area is 99.9 Å². The number of aliphatic hydroxyl groups excluding tert-OH is 1. The molecule has 92 valence electrons. The monoisotopic (exact) mass is 237 g/mol. The van der Waals surface area contributed by atoms with Gasteiger partial charge in [0.05, 0.1) is 6.42 Å². The van der Waals surface area contributed by atoms with Crippen LogP contribution in [0.5, 0.6) is 0 Å². The Morgan fingerprint density at radius 3 is 2.71 bits per heavy atom. The number of likely N-dealkylation sites (tertiary alicyclic amines) is 1. The zero-order valence-corrected chi connectivity index (χ0v) is 9.60. The average Bonchev–Trinajstić information content (AvgIpc) is 2.81. The van der Waals surface area contributed by atoms with Gasteiger partial charge >= 0.3 is 0 Å². The molecular formula is C13H16FNO2. The second kappa shape index (κ2) is 5.27. The Morgan fingerprint density at radius 2 is 2.12 bits per heavy atom. The minimum Gasteiger partial charge on any atom is -0.396 e. The number of hydrogen-bond acceptors (Lipinski definition) is 2. The fraction of sp³-hybridized carbons (Fsp3) is 0.462. The van der Waals surface area contributed by atoms with Crippen molar-refractivity contribution >= 4 is 5.91 Å². The molecule has 0 spiro atoms. The minimum absolute atomic E-state index is 0.0487. The van der Waals surface area contributed by atoms with Gasteiger partial charge < -0.3 is 10.0 Å². The number of rotatable bonds is 3. The molecule has 0 unspecified atom stereocenters. The van der Waals surface area contributed by atoms with Crippen LogP contribution in [-0.4, -0.2) is 35.6 Å². The highest BCUT2D eigenvalue weighted by Crippen LogP contribution is 2.16. The van der Waals surface area contributed by atoms with Crippen molar-refractivity contribution < 1.29 is 14.3 Å². The first kappa shape index (κ1) is 12.0. The zero-order chi connectivity index (χ0) is 12.3. The van der Waals surface area contributed by atoms with E-state index in [1.807, 2.05) is 0 Å². The number of aliphatic hydroxyl groups is 1. The maximum absolute atomic E-state index is 12.7. The summed E-state index contributed by atoms with van der Waals surface area (Å²) in [6.45, 7) is 1.49. The summed E-state index contributed by atoms with van der Waals surface area (Å²) in [5.74, 6) is -0.0255. The molecule has 1 aliphatic rings. The largest absolute Gasteiger partial charge is 0.396 e. The molecule has 1 saturated heterocycles. The third-order valence-electron chi connectivity index (χ3n) is 3.17. The number of hydrogen-bond donors (Lipinski definition) is 1. The third-order valence-corrected chi connectivity index (χ3v) is 3.17. The van der Waals surface area contributed by atoms with E-state index in [1.54, 1.807) is 17.0 Å². The van der Waals surface area contributed by atoms with Crippen molar-refractivity contribution in [3.63, 3.8) is 0 Å². The second-order valence-corrected chi connectivity index (χ2v) is 4.48. The van der Waals surface area contributed by atoms with Crippen molar-refractivity contribution in [2.24, 2.45) is 5.92 Å². The van der Waals surface area contributed by atoms with E-state index in [1.165, 1.54) is 12.1 Å². The molecule has 1 fully saturated rings. The first-order valence-electron chi connectivity index (χ1n) is 5.82. The Hall–Kier alpha value is -1.42. The topological polar surface area (TPSA) is 40.5 Å². The van der Waals surface area contributed by atoms with Crippen molar-refractivity contribution in [2.75, 3.05) is 19.7 Å². The average molecular weight is 237 g/mol. The number of carbonyl (C=O) groups excluding carboxylic acids is 1. The van der Waals surface area contributed by atoms with Crippen LogP contribution in [-0.2, 0) is 11.2 Å². The summed E-state index contributed by atoms with van der Waals surface area (Å²) in [5.41, 5.74) is 0.823. The number of benzene rings is 1. The lowest BCUT2D eigenvalue weighted by Gasteiger charge is -2.16. The Balaban J connectivity index is 1.91. The molecule has 0 radical (unpaired) electrons. The predicted octanol–water partition coefficient (Wildman–Crippen LogP) is 1.21. The number of carbonyl (C=O) groups is 1. The fourth-order valence-corrected chi connectivity index (χ4v) is 2.10. The molecule has 0 bridgehead atoms. The molecule has 0 saturated carbocycles. The van der Waals surface area contributed by atoms with Crippen LogP contribution in [0.4, 0.5) is 4.39 Å². The van der Waals surface area contributed by atoms with Gasteiger partial charge in [0, 0.05) is 25.6 Å². The van der Waals surface area contributed by atoms with E-state index >= 15 is 0 Å². The van der Waals surface area contributed by atoms with Gasteiger partial charge in [-0.25, -0.2) is 4.39 Å². The molecule has 1 amide bonds. The normalized spacial score (nSPS) is 19.6. The molecule has 1 aromatic rings. The van der Waals surface area contributed by atoms with E-state index in [9.17, 15) is 9.18 Å². The van der Waals surface area contributed by atoms with Gasteiger partial charge in [0.15, 0.2) is 0 Å². The molecule has 17 heavy (non-hydrogen) atoms. The second-order valence-electron chi connectivity index (χ2n) is 4.48. The summed E-state index contributed by atoms with van der Waals surface area (Å²) in [7, 11) is 0. The summed E-state index contributed by atoms with van der Waals surface area (Å²) < 4.78 is 12.7. The van der Waals surface area contributed by atoms with E-state index in [4.69, 9.17) is 5.11 Å². The number of halogens is 1. The smallest absolute Gasteiger partial charge is 0.227 e. The Kier molecular flexibility index (Phi) is 3.74. The van der Waals surface area contributed by atoms with Gasteiger partial charge in [0.1, 0.15) is 5.82 Å². The summed E-state index contributed by atoms with van der Waals surface area (Å²) >= 11 is 0. The molecule has 2 rings (SSSR count). The molecule has 0 aliphatic carbocycles. The van der Waals surface area contributed by atoms with Gasteiger partial charge in [0.2, 0.25) is 5.91 Å². The van der Waals surface area contributed by atoms with E-state index in [2.05, 4.69) is 0 Å². The van der Waals surface area contributed by atoms with Crippen molar-refractivity contribution in [1.82, 2.24) is 4.90 Å². The highest BCUT2D eigenvalue weighted by molar-refractivity contribution is 5.79. The van der Waals surface area contributed by atoms with Gasteiger partial charge in [0.25, 0.3) is 0 Å². The molecule has 1 aliphatic heterocycles. The zero-order valence-electron chi connectivity index (χ0n) is 9.60. The van der Waals surface area contributed by atoms with Crippen LogP contribution in [0.25, 0.3) is 0 Å². The first-order valence-corrected chi connectivity index (χ1v) is 5.82. The SMILES string of the molecule is O=C(Cc1ccc(F)cc1)N1CC[C@@H](CO)C1. The van der Waals surface area contributed by atoms with E-state index in [0.717, 1.165) is 12.0 Å². The van der Waals surface area contributed by atoms with Crippen LogP contribution in [0.15, 0.2) is 24.3 Å². The predicted molar refractivity (Wildman–Crippen MR) is 61.9 cm³/mol. The standard InChI is InChI=1S/C13H16FNO2/c14-12-3-1-10(2-4-12)7-13(17)15-6-5-11(8-15)9-16/h1-4,11,16H,5-9H2/t11-/m1/s1. The minimum atomic E-state index is -0.289. The van der Waals surface area contributed by atoms with E-state index < -0.39 is 0 Å². The fourth-order valence-electron chi connectivity index (χ4n) is 2.10. The first-order chi connectivity index (χ1) is 8.19. The van der Waals surface area contributed by atoms with E-state index in [0.29, 0.717) is 19.5 Å². The number of nitrogens with zero attached hydrogens (tertiary/aromatic N) is 1. The van der Waals surface area contributed by atoms with Crippen molar-refractivity contribution in [3.05, 3.63) is 35.6 Å². The number of amides is 1. The molecule has 4 heteroatoms. The van der Waals surface area contributed by atoms with Crippen molar-refractivity contribution in [2.45, 2.75) is 12.8 Å². The van der Waals surface area contributed by atoms with Gasteiger partial charge in [-0.3, -0.25) is 4.79 Å². The highest BCUT2D eigenvalue weighted by Gasteiger charge is 2.25. The van der Waals surface area contributed by atoms with E-state index in [-0.39, 0.29) is 24.2 Å². The van der Waals surface area contributed by atoms with Crippen LogP contribution >= 0.6 is 0 Å². The molecule has 3 nitrogen and oxygen atoms in total. The van der Waals surface area contributed by atoms with Gasteiger partial charge in [-0.2, -0.15) is 0 Å². The summed E-state index contributed by atoms with van der Waals surface area (Å²) in [6, 6.07) is 5.99. The molecule has 1 heterocycles. The van der Waals surface area contributed by atoms with Gasteiger partial charge in [-0.1, -0.05) is 12.1 Å². The maximum Gasteiger partial charge on any atom is 0.227 e. The van der Waals surface area contributed by atoms with Crippen LogP contribution < -0.4 is 0 Å². The van der Waals surface area contributed by atoms with Crippen LogP contribution in [0.1, 0.15) is 12.0 Å². The van der Waals surface area contributed by atoms with Crippen molar-refractivity contribution in [3.8, 4) is 0 Å². The molecule has 1 aromatic carbocycles. The molecule has 1 N–H and O–H groups in total. The summed E-state index contributed by atoms with van der Waals surface area (Å²) in [5, 5.41) is 9.01. The highest BCUT2D eigenvalue weighted by atomic mass is 19.1. The quantitative estimate of drug-likeness (QED) is 0.858. The molecule has 1 atom stereocenters.